The topological polar surface area (TPSA) is 75.7 Å². The second-order valence-electron chi connectivity index (χ2n) is 8.98. The number of nitrogens with zero attached hydrogens (tertiary/aromatic N) is 6. The predicted molar refractivity (Wildman–Crippen MR) is 131 cm³/mol. The summed E-state index contributed by atoms with van der Waals surface area (Å²) in [5, 5.41) is 8.28. The summed E-state index contributed by atoms with van der Waals surface area (Å²) in [6.45, 7) is 5.04. The minimum atomic E-state index is -0.420. The van der Waals surface area contributed by atoms with Crippen LogP contribution in [0.25, 0.3) is 11.3 Å². The number of hydrogen-bond donors (Lipinski definition) is 0. The second kappa shape index (κ2) is 9.69. The number of rotatable bonds is 6. The van der Waals surface area contributed by atoms with Gasteiger partial charge in [0.15, 0.2) is 0 Å². The highest BCUT2D eigenvalue weighted by atomic mass is 19.1. The Kier molecular flexibility index (Phi) is 6.31. The minimum Gasteiger partial charge on any atom is -0.368 e. The van der Waals surface area contributed by atoms with Gasteiger partial charge in [0.25, 0.3) is 0 Å². The summed E-state index contributed by atoms with van der Waals surface area (Å²) in [6, 6.07) is 16.1. The number of carbonyl (C=O) groups excluding carboxylic acids is 1. The largest absolute Gasteiger partial charge is 0.368 e. The average molecular weight is 475 g/mol. The summed E-state index contributed by atoms with van der Waals surface area (Å²) in [6.07, 6.45) is 4.20. The van der Waals surface area contributed by atoms with Gasteiger partial charge in [0.1, 0.15) is 11.6 Å². The van der Waals surface area contributed by atoms with Gasteiger partial charge in [-0.2, -0.15) is 0 Å². The fraction of sp³-hybridized carbons (Fsp3) is 0.308. The van der Waals surface area contributed by atoms with Gasteiger partial charge in [0.2, 0.25) is 11.6 Å². The Hall–Kier alpha value is -4.01. The molecule has 9 heteroatoms. The SMILES string of the molecule is C[C@@H](CC(=O)N1CCN(c2ccccc2)CC1)Cc1nnc2c(=O)n(-c3cccc(F)c3)ccn12. The van der Waals surface area contributed by atoms with Crippen molar-refractivity contribution in [3.8, 4) is 5.69 Å². The number of para-hydroxylation sites is 1. The van der Waals surface area contributed by atoms with Crippen LogP contribution in [-0.4, -0.2) is 56.2 Å². The van der Waals surface area contributed by atoms with E-state index in [1.807, 2.05) is 30.0 Å². The van der Waals surface area contributed by atoms with Gasteiger partial charge in [-0.05, 0) is 36.2 Å². The van der Waals surface area contributed by atoms with Crippen LogP contribution in [0.3, 0.4) is 0 Å². The lowest BCUT2D eigenvalue weighted by Gasteiger charge is -2.36. The molecule has 0 N–H and O–H groups in total. The summed E-state index contributed by atoms with van der Waals surface area (Å²) < 4.78 is 16.6. The van der Waals surface area contributed by atoms with Crippen LogP contribution >= 0.6 is 0 Å². The normalized spacial score (nSPS) is 14.9. The highest BCUT2D eigenvalue weighted by Crippen LogP contribution is 2.18. The van der Waals surface area contributed by atoms with Crippen LogP contribution in [0.5, 0.6) is 0 Å². The van der Waals surface area contributed by atoms with Gasteiger partial charge in [-0.3, -0.25) is 18.6 Å². The zero-order valence-electron chi connectivity index (χ0n) is 19.5. The molecule has 3 heterocycles. The zero-order valence-corrected chi connectivity index (χ0v) is 19.5. The molecule has 4 aromatic rings. The molecule has 8 nitrogen and oxygen atoms in total. The van der Waals surface area contributed by atoms with Crippen molar-refractivity contribution in [3.05, 3.63) is 89.0 Å². The molecular formula is C26H27FN6O2. The third kappa shape index (κ3) is 4.80. The summed E-state index contributed by atoms with van der Waals surface area (Å²) in [7, 11) is 0. The molecule has 1 atom stereocenters. The smallest absolute Gasteiger partial charge is 0.300 e. The van der Waals surface area contributed by atoms with Crippen LogP contribution in [0, 0.1) is 11.7 Å². The molecule has 0 saturated carbocycles. The maximum absolute atomic E-state index is 13.6. The summed E-state index contributed by atoms with van der Waals surface area (Å²) in [5.74, 6) is 0.370. The highest BCUT2D eigenvalue weighted by Gasteiger charge is 2.23. The van der Waals surface area contributed by atoms with E-state index in [9.17, 15) is 14.0 Å². The van der Waals surface area contributed by atoms with Crippen LogP contribution in [0.2, 0.25) is 0 Å². The standard InChI is InChI=1S/C26H27FN6O2/c1-19(17-24(34)31-12-10-30(11-13-31)21-7-3-2-4-8-21)16-23-28-29-25-26(35)32(14-15-33(23)25)22-9-5-6-20(27)18-22/h2-9,14-15,18-19H,10-13,16-17H2,1H3/t19-/m1/s1. The van der Waals surface area contributed by atoms with Gasteiger partial charge >= 0.3 is 5.56 Å². The molecule has 1 saturated heterocycles. The first-order valence-electron chi connectivity index (χ1n) is 11.8. The van der Waals surface area contributed by atoms with Crippen molar-refractivity contribution in [2.24, 2.45) is 5.92 Å². The van der Waals surface area contributed by atoms with Crippen LogP contribution in [0.1, 0.15) is 19.2 Å². The van der Waals surface area contributed by atoms with E-state index < -0.39 is 5.82 Å². The van der Waals surface area contributed by atoms with E-state index in [-0.39, 0.29) is 23.0 Å². The molecule has 0 aliphatic carbocycles. The lowest BCUT2D eigenvalue weighted by atomic mass is 10.0. The van der Waals surface area contributed by atoms with Crippen molar-refractivity contribution in [2.75, 3.05) is 31.1 Å². The lowest BCUT2D eigenvalue weighted by Crippen LogP contribution is -2.49. The summed E-state index contributed by atoms with van der Waals surface area (Å²) in [5.41, 5.74) is 1.40. The van der Waals surface area contributed by atoms with Gasteiger partial charge in [-0.15, -0.1) is 10.2 Å². The molecule has 0 radical (unpaired) electrons. The Morgan fingerprint density at radius 1 is 0.971 bits per heavy atom. The Balaban J connectivity index is 1.22. The Morgan fingerprint density at radius 2 is 1.71 bits per heavy atom. The third-order valence-electron chi connectivity index (χ3n) is 6.44. The number of hydrogen-bond acceptors (Lipinski definition) is 5. The number of benzene rings is 2. The quantitative estimate of drug-likeness (QED) is 0.430. The van der Waals surface area contributed by atoms with Crippen molar-refractivity contribution in [1.29, 1.82) is 0 Å². The molecule has 1 aliphatic heterocycles. The van der Waals surface area contributed by atoms with Gasteiger partial charge < -0.3 is 9.80 Å². The molecular weight excluding hydrogens is 447 g/mol. The molecule has 5 rings (SSSR count). The molecule has 1 fully saturated rings. The van der Waals surface area contributed by atoms with Crippen molar-refractivity contribution in [2.45, 2.75) is 19.8 Å². The van der Waals surface area contributed by atoms with E-state index in [0.717, 1.165) is 13.1 Å². The average Bonchev–Trinajstić information content (AvgIpc) is 3.28. The van der Waals surface area contributed by atoms with Crippen molar-refractivity contribution in [3.63, 3.8) is 0 Å². The number of fused-ring (bicyclic) bond motifs is 1. The van der Waals surface area contributed by atoms with E-state index in [1.165, 1.54) is 22.4 Å². The number of piperazine rings is 1. The molecule has 0 unspecified atom stereocenters. The first kappa shape index (κ1) is 22.8. The number of aromatic nitrogens is 4. The molecule has 0 bridgehead atoms. The fourth-order valence-corrected chi connectivity index (χ4v) is 4.57. The van der Waals surface area contributed by atoms with Crippen LogP contribution in [0.4, 0.5) is 10.1 Å². The van der Waals surface area contributed by atoms with Crippen molar-refractivity contribution < 1.29 is 9.18 Å². The monoisotopic (exact) mass is 474 g/mol. The molecule has 2 aromatic heterocycles. The van der Waals surface area contributed by atoms with E-state index in [0.29, 0.717) is 37.4 Å². The highest BCUT2D eigenvalue weighted by molar-refractivity contribution is 5.76. The van der Waals surface area contributed by atoms with Crippen LogP contribution in [0.15, 0.2) is 71.8 Å². The van der Waals surface area contributed by atoms with E-state index in [1.54, 1.807) is 28.9 Å². The van der Waals surface area contributed by atoms with Crippen molar-refractivity contribution in [1.82, 2.24) is 24.1 Å². The zero-order chi connectivity index (χ0) is 24.4. The first-order chi connectivity index (χ1) is 17.0. The van der Waals surface area contributed by atoms with Crippen LogP contribution in [-0.2, 0) is 11.2 Å². The van der Waals surface area contributed by atoms with E-state index in [4.69, 9.17) is 0 Å². The van der Waals surface area contributed by atoms with E-state index >= 15 is 0 Å². The van der Waals surface area contributed by atoms with E-state index in [2.05, 4.69) is 27.2 Å². The second-order valence-corrected chi connectivity index (χ2v) is 8.98. The molecule has 180 valence electrons. The van der Waals surface area contributed by atoms with Crippen LogP contribution < -0.4 is 10.5 Å². The Bertz CT molecular complexity index is 1390. The maximum Gasteiger partial charge on any atom is 0.300 e. The first-order valence-corrected chi connectivity index (χ1v) is 11.8. The Morgan fingerprint density at radius 3 is 2.46 bits per heavy atom. The number of amides is 1. The predicted octanol–water partition coefficient (Wildman–Crippen LogP) is 2.94. The van der Waals surface area contributed by atoms with Gasteiger partial charge in [0.05, 0.1) is 5.69 Å². The number of anilines is 1. The van der Waals surface area contributed by atoms with Gasteiger partial charge in [-0.25, -0.2) is 4.39 Å². The number of halogens is 1. The molecule has 0 spiro atoms. The molecule has 1 amide bonds. The molecule has 1 aliphatic rings. The molecule has 2 aromatic carbocycles. The van der Waals surface area contributed by atoms with Gasteiger partial charge in [-0.1, -0.05) is 31.2 Å². The maximum atomic E-state index is 13.6. The third-order valence-corrected chi connectivity index (χ3v) is 6.44. The molecule has 35 heavy (non-hydrogen) atoms. The number of carbonyl (C=O) groups is 1. The summed E-state index contributed by atoms with van der Waals surface area (Å²) in [4.78, 5) is 30.0. The minimum absolute atomic E-state index is 0.0349. The fourth-order valence-electron chi connectivity index (χ4n) is 4.57. The lowest BCUT2D eigenvalue weighted by molar-refractivity contribution is -0.132. The van der Waals surface area contributed by atoms with Crippen molar-refractivity contribution >= 4 is 17.2 Å². The van der Waals surface area contributed by atoms with Gasteiger partial charge in [0, 0.05) is 57.1 Å². The Labute approximate surface area is 202 Å². The summed E-state index contributed by atoms with van der Waals surface area (Å²) >= 11 is 0.